The van der Waals surface area contributed by atoms with E-state index in [9.17, 15) is 4.79 Å². The smallest absolute Gasteiger partial charge is 0.255 e. The van der Waals surface area contributed by atoms with Crippen molar-refractivity contribution in [2.24, 2.45) is 0 Å². The van der Waals surface area contributed by atoms with Gasteiger partial charge >= 0.3 is 0 Å². The summed E-state index contributed by atoms with van der Waals surface area (Å²) in [5.74, 6) is 0.392. The van der Waals surface area contributed by atoms with Crippen LogP contribution in [0.4, 0.5) is 5.69 Å². The Morgan fingerprint density at radius 2 is 2.06 bits per heavy atom. The van der Waals surface area contributed by atoms with Crippen molar-refractivity contribution in [2.75, 3.05) is 18.4 Å². The van der Waals surface area contributed by atoms with E-state index in [-0.39, 0.29) is 5.91 Å². The monoisotopic (exact) mass is 431 g/mol. The molecule has 0 aliphatic carbocycles. The van der Waals surface area contributed by atoms with Gasteiger partial charge in [-0.1, -0.05) is 19.4 Å². The van der Waals surface area contributed by atoms with Crippen LogP contribution in [-0.4, -0.2) is 29.9 Å². The van der Waals surface area contributed by atoms with Crippen LogP contribution in [0.25, 0.3) is 10.1 Å². The molecule has 1 amide bonds. The predicted octanol–water partition coefficient (Wildman–Crippen LogP) is 6.39. The lowest BCUT2D eigenvalue weighted by atomic mass is 9.88. The van der Waals surface area contributed by atoms with E-state index >= 15 is 0 Å². The van der Waals surface area contributed by atoms with E-state index in [4.69, 9.17) is 5.26 Å². The van der Waals surface area contributed by atoms with Gasteiger partial charge in [0.2, 0.25) is 0 Å². The number of nitrogens with one attached hydrogen (secondary N) is 1. The summed E-state index contributed by atoms with van der Waals surface area (Å²) in [5.41, 5.74) is 3.21. The number of nitriles is 1. The van der Waals surface area contributed by atoms with Crippen molar-refractivity contribution >= 4 is 33.0 Å². The van der Waals surface area contributed by atoms with Gasteiger partial charge in [-0.05, 0) is 97.9 Å². The summed E-state index contributed by atoms with van der Waals surface area (Å²) < 4.78 is 1.27. The van der Waals surface area contributed by atoms with Gasteiger partial charge in [-0.2, -0.15) is 5.26 Å². The van der Waals surface area contributed by atoms with Crippen LogP contribution >= 0.6 is 11.3 Å². The summed E-state index contributed by atoms with van der Waals surface area (Å²) in [4.78, 5) is 15.3. The van der Waals surface area contributed by atoms with Crippen LogP contribution in [0.2, 0.25) is 0 Å². The van der Waals surface area contributed by atoms with E-state index in [1.807, 2.05) is 6.07 Å². The molecule has 2 aromatic carbocycles. The highest BCUT2D eigenvalue weighted by Gasteiger charge is 2.25. The number of thiophene rings is 1. The van der Waals surface area contributed by atoms with Gasteiger partial charge in [0.05, 0.1) is 11.6 Å². The molecule has 4 rings (SSSR count). The quantitative estimate of drug-likeness (QED) is 0.492. The van der Waals surface area contributed by atoms with Gasteiger partial charge in [0.15, 0.2) is 0 Å². The lowest BCUT2D eigenvalue weighted by Gasteiger charge is -2.36. The van der Waals surface area contributed by atoms with Gasteiger partial charge in [0.1, 0.15) is 0 Å². The number of carbonyl (C=O) groups excluding carboxylic acids is 1. The van der Waals surface area contributed by atoms with Crippen LogP contribution in [0.15, 0.2) is 47.8 Å². The number of hydrogen-bond acceptors (Lipinski definition) is 4. The van der Waals surface area contributed by atoms with Crippen molar-refractivity contribution < 1.29 is 4.79 Å². The number of rotatable bonds is 6. The molecule has 1 atom stereocenters. The largest absolute Gasteiger partial charge is 0.322 e. The topological polar surface area (TPSA) is 56.1 Å². The Labute approximate surface area is 188 Å². The molecule has 0 radical (unpaired) electrons. The normalized spacial score (nSPS) is 16.2. The number of amides is 1. The standard InChI is InChI=1S/C26H29N3OS/c1-3-5-18(2)29-12-10-20(11-13-29)24-17-31-25-9-8-22(15-23(24)25)28-26(30)21-7-4-6-19(14-21)16-27/h4,6-9,14-15,17-18,20H,3,5,10-13H2,1-2H3,(H,28,30). The number of carbonyl (C=O) groups is 1. The van der Waals surface area contributed by atoms with E-state index < -0.39 is 0 Å². The Morgan fingerprint density at radius 1 is 1.26 bits per heavy atom. The van der Waals surface area contributed by atoms with Gasteiger partial charge in [-0.15, -0.1) is 11.3 Å². The van der Waals surface area contributed by atoms with Crippen molar-refractivity contribution in [2.45, 2.75) is 51.5 Å². The van der Waals surface area contributed by atoms with Crippen LogP contribution in [0.3, 0.4) is 0 Å². The van der Waals surface area contributed by atoms with Gasteiger partial charge in [0, 0.05) is 22.0 Å². The maximum absolute atomic E-state index is 12.7. The summed E-state index contributed by atoms with van der Waals surface area (Å²) in [6.07, 6.45) is 4.90. The summed E-state index contributed by atoms with van der Waals surface area (Å²) in [6.45, 7) is 6.94. The lowest BCUT2D eigenvalue weighted by Crippen LogP contribution is -2.39. The molecule has 31 heavy (non-hydrogen) atoms. The highest BCUT2D eigenvalue weighted by Crippen LogP contribution is 2.38. The molecule has 4 nitrogen and oxygen atoms in total. The molecule has 1 aliphatic rings. The number of fused-ring (bicyclic) bond motifs is 1. The second-order valence-electron chi connectivity index (χ2n) is 8.50. The number of likely N-dealkylation sites (tertiary alicyclic amines) is 1. The summed E-state index contributed by atoms with van der Waals surface area (Å²) in [6, 6.07) is 15.7. The zero-order valence-corrected chi connectivity index (χ0v) is 19.0. The second kappa shape index (κ2) is 9.64. The molecule has 160 valence electrons. The van der Waals surface area contributed by atoms with Gasteiger partial charge in [-0.25, -0.2) is 0 Å². The minimum absolute atomic E-state index is 0.188. The van der Waals surface area contributed by atoms with E-state index in [1.165, 1.54) is 41.3 Å². The van der Waals surface area contributed by atoms with Crippen molar-refractivity contribution in [3.8, 4) is 6.07 Å². The van der Waals surface area contributed by atoms with Crippen LogP contribution < -0.4 is 5.32 Å². The summed E-state index contributed by atoms with van der Waals surface area (Å²) in [5, 5.41) is 15.6. The summed E-state index contributed by atoms with van der Waals surface area (Å²) >= 11 is 1.79. The minimum Gasteiger partial charge on any atom is -0.322 e. The maximum atomic E-state index is 12.7. The molecule has 3 aromatic rings. The van der Waals surface area contributed by atoms with Crippen LogP contribution in [0.5, 0.6) is 0 Å². The van der Waals surface area contributed by atoms with E-state index in [1.54, 1.807) is 35.6 Å². The van der Waals surface area contributed by atoms with E-state index in [0.717, 1.165) is 18.8 Å². The van der Waals surface area contributed by atoms with Crippen molar-refractivity contribution in [1.82, 2.24) is 4.90 Å². The molecule has 1 N–H and O–H groups in total. The molecular formula is C26H29N3OS. The Morgan fingerprint density at radius 3 is 2.81 bits per heavy atom. The molecule has 1 aliphatic heterocycles. The Bertz CT molecular complexity index is 1110. The zero-order chi connectivity index (χ0) is 21.8. The fourth-order valence-corrected chi connectivity index (χ4v) is 5.65. The molecular weight excluding hydrogens is 402 g/mol. The second-order valence-corrected chi connectivity index (χ2v) is 9.41. The molecule has 0 bridgehead atoms. The Kier molecular flexibility index (Phi) is 6.70. The first kappa shape index (κ1) is 21.5. The molecule has 1 aromatic heterocycles. The zero-order valence-electron chi connectivity index (χ0n) is 18.2. The molecule has 2 heterocycles. The molecule has 0 spiro atoms. The van der Waals surface area contributed by atoms with Crippen molar-refractivity contribution in [3.63, 3.8) is 0 Å². The highest BCUT2D eigenvalue weighted by molar-refractivity contribution is 7.17. The average Bonchev–Trinajstić information content (AvgIpc) is 3.22. The van der Waals surface area contributed by atoms with Crippen LogP contribution in [0, 0.1) is 11.3 Å². The molecule has 1 saturated heterocycles. The first-order valence-electron chi connectivity index (χ1n) is 11.2. The van der Waals surface area contributed by atoms with Crippen molar-refractivity contribution in [3.05, 3.63) is 64.5 Å². The average molecular weight is 432 g/mol. The molecule has 1 unspecified atom stereocenters. The van der Waals surface area contributed by atoms with Gasteiger partial charge in [-0.3, -0.25) is 4.79 Å². The Balaban J connectivity index is 1.49. The molecule has 0 saturated carbocycles. The number of hydrogen-bond donors (Lipinski definition) is 1. The number of nitrogens with zero attached hydrogens (tertiary/aromatic N) is 2. The van der Waals surface area contributed by atoms with Crippen LogP contribution in [-0.2, 0) is 0 Å². The van der Waals surface area contributed by atoms with Crippen LogP contribution in [0.1, 0.15) is 66.9 Å². The first-order chi connectivity index (χ1) is 15.1. The minimum atomic E-state index is -0.188. The number of benzene rings is 2. The highest BCUT2D eigenvalue weighted by atomic mass is 32.1. The SMILES string of the molecule is CCCC(C)N1CCC(c2csc3ccc(NC(=O)c4cccc(C#N)c4)cc23)CC1. The predicted molar refractivity (Wildman–Crippen MR) is 129 cm³/mol. The third-order valence-electron chi connectivity index (χ3n) is 6.41. The molecule has 1 fully saturated rings. The van der Waals surface area contributed by atoms with Crippen molar-refractivity contribution in [1.29, 1.82) is 5.26 Å². The number of anilines is 1. The number of piperidine rings is 1. The van der Waals surface area contributed by atoms with E-state index in [0.29, 0.717) is 23.1 Å². The lowest BCUT2D eigenvalue weighted by molar-refractivity contribution is 0.102. The molecule has 5 heteroatoms. The fourth-order valence-electron chi connectivity index (χ4n) is 4.63. The summed E-state index contributed by atoms with van der Waals surface area (Å²) in [7, 11) is 0. The van der Waals surface area contributed by atoms with E-state index in [2.05, 4.69) is 47.6 Å². The van der Waals surface area contributed by atoms with Gasteiger partial charge in [0.25, 0.3) is 5.91 Å². The first-order valence-corrected chi connectivity index (χ1v) is 12.0. The fraction of sp³-hybridized carbons (Fsp3) is 0.385. The third-order valence-corrected chi connectivity index (χ3v) is 7.40. The maximum Gasteiger partial charge on any atom is 0.255 e. The third kappa shape index (κ3) is 4.81. The Hall–Kier alpha value is -2.68. The van der Waals surface area contributed by atoms with Gasteiger partial charge < -0.3 is 10.2 Å².